The maximum Gasteiger partial charge on any atom is 0.414 e. The topological polar surface area (TPSA) is 64.5 Å². The van der Waals surface area contributed by atoms with Crippen molar-refractivity contribution < 1.29 is 14.3 Å². The van der Waals surface area contributed by atoms with Crippen molar-refractivity contribution in [1.29, 1.82) is 0 Å². The highest BCUT2D eigenvalue weighted by atomic mass is 127. The van der Waals surface area contributed by atoms with Crippen LogP contribution in [0.3, 0.4) is 0 Å². The van der Waals surface area contributed by atoms with E-state index in [1.807, 2.05) is 24.3 Å². The van der Waals surface area contributed by atoms with Gasteiger partial charge in [-0.05, 0) is 46.9 Å². The zero-order valence-corrected chi connectivity index (χ0v) is 13.2. The van der Waals surface area contributed by atoms with Crippen molar-refractivity contribution in [3.8, 4) is 5.88 Å². The van der Waals surface area contributed by atoms with Gasteiger partial charge in [0.25, 0.3) is 0 Å². The molecule has 0 spiro atoms. The fraction of sp³-hybridized carbons (Fsp3) is 0.250. The Morgan fingerprint density at radius 2 is 2.25 bits per heavy atom. The van der Waals surface area contributed by atoms with E-state index in [4.69, 9.17) is 9.47 Å². The fourth-order valence-corrected chi connectivity index (χ4v) is 2.63. The molecule has 1 aromatic heterocycles. The molecule has 20 heavy (non-hydrogen) atoms. The summed E-state index contributed by atoms with van der Waals surface area (Å²) in [5.41, 5.74) is 0.804. The van der Waals surface area contributed by atoms with Gasteiger partial charge in [0.1, 0.15) is 25.5 Å². The number of ether oxygens (including phenoxy) is 2. The first-order valence-corrected chi connectivity index (χ1v) is 7.67. The van der Waals surface area contributed by atoms with Crippen LogP contribution in [0, 0.1) is 3.57 Å². The van der Waals surface area contributed by atoms with E-state index < -0.39 is 0 Å². The molecule has 2 heterocycles. The minimum Gasteiger partial charge on any atom is -0.474 e. The molecule has 1 amide bonds. The van der Waals surface area contributed by atoms with Gasteiger partial charge in [0.05, 0.1) is 11.7 Å². The zero-order valence-electron chi connectivity index (χ0n) is 10.2. The van der Waals surface area contributed by atoms with Gasteiger partial charge < -0.3 is 9.47 Å². The third-order valence-electron chi connectivity index (χ3n) is 2.83. The lowest BCUT2D eigenvalue weighted by Gasteiger charge is -2.21. The number of aromatic nitrogens is 2. The van der Waals surface area contributed by atoms with E-state index in [0.29, 0.717) is 19.1 Å². The monoisotopic (exact) mass is 403 g/mol. The second-order valence-electron chi connectivity index (χ2n) is 4.13. The van der Waals surface area contributed by atoms with Crippen LogP contribution in [0.15, 0.2) is 30.5 Å². The molecule has 1 fully saturated rings. The summed E-state index contributed by atoms with van der Waals surface area (Å²) in [7, 11) is 0. The highest BCUT2D eigenvalue weighted by Crippen LogP contribution is 2.24. The van der Waals surface area contributed by atoms with E-state index >= 15 is 0 Å². The molecule has 1 aliphatic heterocycles. The Morgan fingerprint density at radius 1 is 1.45 bits per heavy atom. The molecular formula is C12H10IN3O3S. The Kier molecular flexibility index (Phi) is 4.01. The SMILES string of the molecule is O=C1OC[C@@H](COc2cnsn2)N1c1ccc(I)cc1. The number of hydrogen-bond donors (Lipinski definition) is 0. The number of carbonyl (C=O) groups excluding carboxylic acids is 1. The zero-order chi connectivity index (χ0) is 13.9. The number of nitrogens with zero attached hydrogens (tertiary/aromatic N) is 3. The Hall–Kier alpha value is -1.42. The standard InChI is InChI=1S/C12H10IN3O3S/c13-8-1-3-9(4-2-8)16-10(7-19-12(16)17)6-18-11-5-14-20-15-11/h1-5,10H,6-7H2/t10-/m1/s1. The average Bonchev–Trinajstić information content (AvgIpc) is 3.07. The Balaban J connectivity index is 1.73. The quantitative estimate of drug-likeness (QED) is 0.735. The number of hydrogen-bond acceptors (Lipinski definition) is 6. The highest BCUT2D eigenvalue weighted by molar-refractivity contribution is 14.1. The molecule has 1 aliphatic rings. The molecule has 1 aromatic carbocycles. The second-order valence-corrected chi connectivity index (χ2v) is 5.94. The van der Waals surface area contributed by atoms with Gasteiger partial charge in [0.15, 0.2) is 0 Å². The molecule has 0 aliphatic carbocycles. The summed E-state index contributed by atoms with van der Waals surface area (Å²) in [6.45, 7) is 0.630. The number of carbonyl (C=O) groups is 1. The van der Waals surface area contributed by atoms with Crippen LogP contribution in [-0.4, -0.2) is 34.1 Å². The molecule has 2 aromatic rings. The smallest absolute Gasteiger partial charge is 0.414 e. The molecule has 0 radical (unpaired) electrons. The minimum absolute atomic E-state index is 0.163. The van der Waals surface area contributed by atoms with Crippen LogP contribution in [0.25, 0.3) is 0 Å². The van der Waals surface area contributed by atoms with Gasteiger partial charge in [-0.25, -0.2) is 4.79 Å². The summed E-state index contributed by atoms with van der Waals surface area (Å²) in [6, 6.07) is 7.52. The van der Waals surface area contributed by atoms with Crippen molar-refractivity contribution in [1.82, 2.24) is 8.75 Å². The largest absolute Gasteiger partial charge is 0.474 e. The molecular weight excluding hydrogens is 393 g/mol. The molecule has 6 nitrogen and oxygen atoms in total. The fourth-order valence-electron chi connectivity index (χ4n) is 1.90. The second kappa shape index (κ2) is 5.92. The molecule has 0 bridgehead atoms. The lowest BCUT2D eigenvalue weighted by Crippen LogP contribution is -2.37. The summed E-state index contributed by atoms with van der Waals surface area (Å²) >= 11 is 3.30. The lowest BCUT2D eigenvalue weighted by molar-refractivity contribution is 0.175. The van der Waals surface area contributed by atoms with Gasteiger partial charge in [0.2, 0.25) is 5.88 Å². The van der Waals surface area contributed by atoms with E-state index in [1.54, 1.807) is 11.1 Å². The van der Waals surface area contributed by atoms with Crippen LogP contribution in [0.5, 0.6) is 5.88 Å². The van der Waals surface area contributed by atoms with Crippen LogP contribution in [0.1, 0.15) is 0 Å². The summed E-state index contributed by atoms with van der Waals surface area (Å²) in [4.78, 5) is 13.5. The van der Waals surface area contributed by atoms with Crippen LogP contribution < -0.4 is 9.64 Å². The summed E-state index contributed by atoms with van der Waals surface area (Å²) in [5.74, 6) is 0.469. The molecule has 1 atom stereocenters. The van der Waals surface area contributed by atoms with Crippen molar-refractivity contribution in [3.05, 3.63) is 34.0 Å². The van der Waals surface area contributed by atoms with Crippen molar-refractivity contribution in [2.45, 2.75) is 6.04 Å². The van der Waals surface area contributed by atoms with Crippen molar-refractivity contribution in [3.63, 3.8) is 0 Å². The van der Waals surface area contributed by atoms with E-state index in [2.05, 4.69) is 31.3 Å². The maximum absolute atomic E-state index is 11.9. The average molecular weight is 403 g/mol. The van der Waals surface area contributed by atoms with Crippen LogP contribution in [0.4, 0.5) is 10.5 Å². The number of amides is 1. The first-order chi connectivity index (χ1) is 9.74. The van der Waals surface area contributed by atoms with Crippen LogP contribution >= 0.6 is 34.3 Å². The number of cyclic esters (lactones) is 1. The van der Waals surface area contributed by atoms with Crippen molar-refractivity contribution >= 4 is 46.1 Å². The van der Waals surface area contributed by atoms with Gasteiger partial charge in [-0.3, -0.25) is 4.90 Å². The van der Waals surface area contributed by atoms with E-state index in [9.17, 15) is 4.79 Å². The molecule has 1 saturated heterocycles. The number of rotatable bonds is 4. The van der Waals surface area contributed by atoms with E-state index in [0.717, 1.165) is 21.0 Å². The first kappa shape index (κ1) is 13.6. The molecule has 3 rings (SSSR count). The maximum atomic E-state index is 11.9. The first-order valence-electron chi connectivity index (χ1n) is 5.86. The summed E-state index contributed by atoms with van der Waals surface area (Å²) in [6.07, 6.45) is 1.20. The third kappa shape index (κ3) is 2.85. The van der Waals surface area contributed by atoms with Gasteiger partial charge in [-0.2, -0.15) is 4.37 Å². The third-order valence-corrected chi connectivity index (χ3v) is 4.01. The number of anilines is 1. The van der Waals surface area contributed by atoms with Crippen molar-refractivity contribution in [2.24, 2.45) is 0 Å². The Bertz CT molecular complexity index is 591. The molecule has 104 valence electrons. The van der Waals surface area contributed by atoms with Gasteiger partial charge in [-0.1, -0.05) is 0 Å². The Labute approximate surface area is 133 Å². The van der Waals surface area contributed by atoms with Gasteiger partial charge in [0, 0.05) is 9.26 Å². The predicted molar refractivity (Wildman–Crippen MR) is 82.2 cm³/mol. The van der Waals surface area contributed by atoms with Gasteiger partial charge in [-0.15, -0.1) is 4.37 Å². The number of benzene rings is 1. The Morgan fingerprint density at radius 3 is 2.95 bits per heavy atom. The molecule has 8 heteroatoms. The van der Waals surface area contributed by atoms with Crippen LogP contribution in [-0.2, 0) is 4.74 Å². The molecule has 0 N–H and O–H groups in total. The molecule has 0 unspecified atom stereocenters. The lowest BCUT2D eigenvalue weighted by atomic mass is 10.2. The van der Waals surface area contributed by atoms with E-state index in [-0.39, 0.29) is 12.1 Å². The molecule has 0 saturated carbocycles. The predicted octanol–water partition coefficient (Wildman–Crippen LogP) is 2.55. The van der Waals surface area contributed by atoms with Gasteiger partial charge >= 0.3 is 6.09 Å². The summed E-state index contributed by atoms with van der Waals surface area (Å²) in [5, 5.41) is 0. The van der Waals surface area contributed by atoms with E-state index in [1.165, 1.54) is 0 Å². The van der Waals surface area contributed by atoms with Crippen LogP contribution in [0.2, 0.25) is 0 Å². The highest BCUT2D eigenvalue weighted by Gasteiger charge is 2.34. The normalized spacial score (nSPS) is 18.1. The summed E-state index contributed by atoms with van der Waals surface area (Å²) < 4.78 is 19.6. The van der Waals surface area contributed by atoms with Crippen molar-refractivity contribution in [2.75, 3.05) is 18.1 Å². The minimum atomic E-state index is -0.351. The number of halogens is 1.